The number of hydrogen-bond acceptors (Lipinski definition) is 4. The van der Waals surface area contributed by atoms with Gasteiger partial charge in [-0.3, -0.25) is 4.79 Å². The number of benzene rings is 1. The van der Waals surface area contributed by atoms with Crippen LogP contribution in [-0.4, -0.2) is 36.0 Å². The predicted molar refractivity (Wildman–Crippen MR) is 110 cm³/mol. The first-order valence-electron chi connectivity index (χ1n) is 9.80. The van der Waals surface area contributed by atoms with Crippen molar-refractivity contribution in [2.24, 2.45) is 0 Å². The molecular weight excluding hydrogens is 356 g/mol. The Labute approximate surface area is 165 Å². The SMILES string of the molecule is Cc1cccc(OCc2csc(C(=O)NC3CC4CCC(C3)N4C)c2)c1C. The number of aryl methyl sites for hydroxylation is 1. The monoisotopic (exact) mass is 384 g/mol. The van der Waals surface area contributed by atoms with Crippen molar-refractivity contribution in [1.82, 2.24) is 10.2 Å². The van der Waals surface area contributed by atoms with E-state index in [0.29, 0.717) is 24.7 Å². The van der Waals surface area contributed by atoms with Crippen LogP contribution in [0.25, 0.3) is 0 Å². The number of piperidine rings is 1. The van der Waals surface area contributed by atoms with E-state index in [1.54, 1.807) is 0 Å². The van der Waals surface area contributed by atoms with Crippen molar-refractivity contribution in [2.45, 2.75) is 64.3 Å². The van der Waals surface area contributed by atoms with Gasteiger partial charge in [-0.1, -0.05) is 12.1 Å². The summed E-state index contributed by atoms with van der Waals surface area (Å²) in [6.07, 6.45) is 4.69. The quantitative estimate of drug-likeness (QED) is 0.836. The minimum atomic E-state index is 0.0620. The Kier molecular flexibility index (Phi) is 5.24. The topological polar surface area (TPSA) is 41.6 Å². The van der Waals surface area contributed by atoms with Crippen LogP contribution in [-0.2, 0) is 6.61 Å². The Balaban J connectivity index is 1.33. The molecule has 2 bridgehead atoms. The normalized spacial score (nSPS) is 24.8. The highest BCUT2D eigenvalue weighted by Crippen LogP contribution is 2.34. The van der Waals surface area contributed by atoms with Gasteiger partial charge in [-0.2, -0.15) is 0 Å². The van der Waals surface area contributed by atoms with Gasteiger partial charge in [0, 0.05) is 23.7 Å². The van der Waals surface area contributed by atoms with Crippen molar-refractivity contribution in [1.29, 1.82) is 0 Å². The lowest BCUT2D eigenvalue weighted by Crippen LogP contribution is -2.48. The lowest BCUT2D eigenvalue weighted by Gasteiger charge is -2.36. The van der Waals surface area contributed by atoms with Gasteiger partial charge in [-0.15, -0.1) is 11.3 Å². The van der Waals surface area contributed by atoms with Gasteiger partial charge >= 0.3 is 0 Å². The molecule has 0 spiro atoms. The van der Waals surface area contributed by atoms with Crippen LogP contribution in [0.4, 0.5) is 0 Å². The molecule has 2 unspecified atom stereocenters. The molecule has 2 fully saturated rings. The van der Waals surface area contributed by atoms with E-state index >= 15 is 0 Å². The lowest BCUT2D eigenvalue weighted by atomic mass is 9.98. The molecule has 3 heterocycles. The molecule has 5 heteroatoms. The zero-order valence-corrected chi connectivity index (χ0v) is 17.1. The molecule has 0 saturated carbocycles. The Morgan fingerprint density at radius 2 is 2.00 bits per heavy atom. The van der Waals surface area contributed by atoms with E-state index in [9.17, 15) is 4.79 Å². The minimum Gasteiger partial charge on any atom is -0.489 e. The zero-order valence-electron chi connectivity index (χ0n) is 16.3. The number of carbonyl (C=O) groups excluding carboxylic acids is 1. The maximum atomic E-state index is 12.7. The molecule has 2 aliphatic rings. The molecule has 1 aromatic heterocycles. The van der Waals surface area contributed by atoms with E-state index in [-0.39, 0.29) is 5.91 Å². The van der Waals surface area contributed by atoms with Crippen LogP contribution < -0.4 is 10.1 Å². The summed E-state index contributed by atoms with van der Waals surface area (Å²) in [6.45, 7) is 4.66. The molecule has 144 valence electrons. The number of carbonyl (C=O) groups is 1. The molecule has 4 nitrogen and oxygen atoms in total. The summed E-state index contributed by atoms with van der Waals surface area (Å²) < 4.78 is 5.96. The van der Waals surface area contributed by atoms with Crippen molar-refractivity contribution in [3.05, 3.63) is 51.2 Å². The van der Waals surface area contributed by atoms with Crippen molar-refractivity contribution in [3.8, 4) is 5.75 Å². The largest absolute Gasteiger partial charge is 0.489 e. The summed E-state index contributed by atoms with van der Waals surface area (Å²) in [7, 11) is 2.22. The molecule has 2 aromatic rings. The molecule has 2 aliphatic heterocycles. The molecule has 0 radical (unpaired) electrons. The minimum absolute atomic E-state index is 0.0620. The first kappa shape index (κ1) is 18.5. The smallest absolute Gasteiger partial charge is 0.261 e. The molecule has 2 saturated heterocycles. The van der Waals surface area contributed by atoms with E-state index in [0.717, 1.165) is 29.0 Å². The van der Waals surface area contributed by atoms with Gasteiger partial charge in [-0.05, 0) is 75.2 Å². The number of hydrogen-bond donors (Lipinski definition) is 1. The van der Waals surface area contributed by atoms with E-state index in [1.165, 1.54) is 35.3 Å². The molecule has 0 aliphatic carbocycles. The van der Waals surface area contributed by atoms with Crippen LogP contribution in [0.2, 0.25) is 0 Å². The van der Waals surface area contributed by atoms with Crippen molar-refractivity contribution in [3.63, 3.8) is 0 Å². The zero-order chi connectivity index (χ0) is 19.0. The molecular formula is C22H28N2O2S. The molecule has 27 heavy (non-hydrogen) atoms. The first-order valence-corrected chi connectivity index (χ1v) is 10.7. The molecule has 4 rings (SSSR count). The Hall–Kier alpha value is -1.85. The second-order valence-electron chi connectivity index (χ2n) is 8.00. The van der Waals surface area contributed by atoms with Gasteiger partial charge in [0.1, 0.15) is 12.4 Å². The second kappa shape index (κ2) is 7.64. The summed E-state index contributed by atoms with van der Waals surface area (Å²) in [5.41, 5.74) is 3.45. The highest BCUT2D eigenvalue weighted by Gasteiger charge is 2.38. The fourth-order valence-corrected chi connectivity index (χ4v) is 5.20. The lowest BCUT2D eigenvalue weighted by molar-refractivity contribution is 0.0886. The highest BCUT2D eigenvalue weighted by molar-refractivity contribution is 7.12. The molecule has 2 atom stereocenters. The van der Waals surface area contributed by atoms with E-state index in [4.69, 9.17) is 4.74 Å². The number of amides is 1. The number of nitrogens with zero attached hydrogens (tertiary/aromatic N) is 1. The van der Waals surface area contributed by atoms with Crippen LogP contribution in [0, 0.1) is 13.8 Å². The molecule has 1 N–H and O–H groups in total. The van der Waals surface area contributed by atoms with E-state index in [2.05, 4.69) is 37.2 Å². The van der Waals surface area contributed by atoms with Gasteiger partial charge in [0.25, 0.3) is 5.91 Å². The summed E-state index contributed by atoms with van der Waals surface area (Å²) in [5, 5.41) is 5.29. The highest BCUT2D eigenvalue weighted by atomic mass is 32.1. The van der Waals surface area contributed by atoms with Crippen LogP contribution >= 0.6 is 11.3 Å². The Morgan fingerprint density at radius 3 is 2.74 bits per heavy atom. The number of thiophene rings is 1. The van der Waals surface area contributed by atoms with Crippen molar-refractivity contribution >= 4 is 17.2 Å². The van der Waals surface area contributed by atoms with Gasteiger partial charge in [0.2, 0.25) is 0 Å². The predicted octanol–water partition coefficient (Wildman–Crippen LogP) is 4.30. The fourth-order valence-electron chi connectivity index (χ4n) is 4.40. The Morgan fingerprint density at radius 1 is 1.26 bits per heavy atom. The maximum absolute atomic E-state index is 12.7. The first-order chi connectivity index (χ1) is 13.0. The molecule has 1 amide bonds. The average molecular weight is 385 g/mol. The Bertz CT molecular complexity index is 817. The van der Waals surface area contributed by atoms with Gasteiger partial charge < -0.3 is 15.0 Å². The summed E-state index contributed by atoms with van der Waals surface area (Å²) in [5.74, 6) is 0.973. The van der Waals surface area contributed by atoms with Gasteiger partial charge in [-0.25, -0.2) is 0 Å². The third-order valence-corrected chi connectivity index (χ3v) is 7.24. The van der Waals surface area contributed by atoms with E-state index < -0.39 is 0 Å². The standard InChI is InChI=1S/C22H28N2O2S/c1-14-5-4-6-20(15(14)2)26-12-16-9-21(27-13-16)22(25)23-17-10-18-7-8-19(11-17)24(18)3/h4-6,9,13,17-19H,7-8,10-12H2,1-3H3,(H,23,25). The number of rotatable bonds is 5. The summed E-state index contributed by atoms with van der Waals surface area (Å²) in [6, 6.07) is 9.65. The van der Waals surface area contributed by atoms with Crippen molar-refractivity contribution in [2.75, 3.05) is 7.05 Å². The fraction of sp³-hybridized carbons (Fsp3) is 0.500. The average Bonchev–Trinajstić information content (AvgIpc) is 3.18. The number of nitrogens with one attached hydrogen (secondary N) is 1. The van der Waals surface area contributed by atoms with Crippen LogP contribution in [0.15, 0.2) is 29.6 Å². The van der Waals surface area contributed by atoms with Crippen LogP contribution in [0.5, 0.6) is 5.75 Å². The van der Waals surface area contributed by atoms with Gasteiger partial charge in [0.05, 0.1) is 4.88 Å². The number of ether oxygens (including phenoxy) is 1. The number of fused-ring (bicyclic) bond motifs is 2. The third-order valence-electron chi connectivity index (χ3n) is 6.26. The van der Waals surface area contributed by atoms with Crippen LogP contribution in [0.3, 0.4) is 0 Å². The van der Waals surface area contributed by atoms with Crippen molar-refractivity contribution < 1.29 is 9.53 Å². The summed E-state index contributed by atoms with van der Waals surface area (Å²) in [4.78, 5) is 15.9. The third kappa shape index (κ3) is 3.90. The van der Waals surface area contributed by atoms with Crippen LogP contribution in [0.1, 0.15) is 52.0 Å². The summed E-state index contributed by atoms with van der Waals surface area (Å²) >= 11 is 1.50. The van der Waals surface area contributed by atoms with E-state index in [1.807, 2.05) is 23.6 Å². The second-order valence-corrected chi connectivity index (χ2v) is 8.91. The van der Waals surface area contributed by atoms with Gasteiger partial charge in [0.15, 0.2) is 0 Å². The maximum Gasteiger partial charge on any atom is 0.261 e. The molecule has 1 aromatic carbocycles.